The molecule has 0 unspecified atom stereocenters. The summed E-state index contributed by atoms with van der Waals surface area (Å²) in [6.07, 6.45) is 0. The van der Waals surface area contributed by atoms with Gasteiger partial charge in [0.05, 0.1) is 17.1 Å². The zero-order valence-electron chi connectivity index (χ0n) is 17.9. The van der Waals surface area contributed by atoms with E-state index in [1.54, 1.807) is 43.3 Å². The fourth-order valence-electron chi connectivity index (χ4n) is 3.05. The number of aryl methyl sites for hydroxylation is 2. The fraction of sp³-hybridized carbons (Fsp3) is 0.208. The minimum atomic E-state index is -3.98. The standard InChI is InChI=1S/C24H25ClN2O4S/c1-18-8-12-21(13-9-18)31-15-14-26-24(28)17-27(23-16-20(25)11-10-19(23)2)32(29,30)22-6-4-3-5-7-22/h3-13,16H,14-15,17H2,1-2H3,(H,26,28). The second kappa shape index (κ2) is 10.5. The Balaban J connectivity index is 1.73. The Labute approximate surface area is 193 Å². The maximum Gasteiger partial charge on any atom is 0.264 e. The van der Waals surface area contributed by atoms with Crippen LogP contribution >= 0.6 is 11.6 Å². The highest BCUT2D eigenvalue weighted by atomic mass is 35.5. The smallest absolute Gasteiger partial charge is 0.264 e. The number of hydrogen-bond acceptors (Lipinski definition) is 4. The van der Waals surface area contributed by atoms with Crippen LogP contribution in [0.25, 0.3) is 0 Å². The van der Waals surface area contributed by atoms with E-state index in [1.807, 2.05) is 31.2 Å². The first kappa shape index (κ1) is 23.6. The number of carbonyl (C=O) groups is 1. The number of amides is 1. The van der Waals surface area contributed by atoms with E-state index in [9.17, 15) is 13.2 Å². The number of benzene rings is 3. The van der Waals surface area contributed by atoms with E-state index >= 15 is 0 Å². The van der Waals surface area contributed by atoms with Crippen molar-refractivity contribution in [1.29, 1.82) is 0 Å². The summed E-state index contributed by atoms with van der Waals surface area (Å²) in [6.45, 7) is 3.87. The van der Waals surface area contributed by atoms with Crippen molar-refractivity contribution in [3.63, 3.8) is 0 Å². The molecule has 3 rings (SSSR count). The van der Waals surface area contributed by atoms with Gasteiger partial charge in [-0.05, 0) is 55.8 Å². The minimum Gasteiger partial charge on any atom is -0.492 e. The van der Waals surface area contributed by atoms with Crippen LogP contribution in [0.15, 0.2) is 77.7 Å². The summed E-state index contributed by atoms with van der Waals surface area (Å²) in [5.74, 6) is 0.254. The van der Waals surface area contributed by atoms with Crippen molar-refractivity contribution in [2.24, 2.45) is 0 Å². The molecule has 8 heteroatoms. The van der Waals surface area contributed by atoms with Gasteiger partial charge in [-0.1, -0.05) is 53.6 Å². The number of halogens is 1. The van der Waals surface area contributed by atoms with Gasteiger partial charge in [0.2, 0.25) is 5.91 Å². The molecule has 0 radical (unpaired) electrons. The lowest BCUT2D eigenvalue weighted by Gasteiger charge is -2.25. The van der Waals surface area contributed by atoms with Gasteiger partial charge in [-0.15, -0.1) is 0 Å². The van der Waals surface area contributed by atoms with Gasteiger partial charge in [0.15, 0.2) is 0 Å². The second-order valence-corrected chi connectivity index (χ2v) is 9.57. The predicted molar refractivity (Wildman–Crippen MR) is 127 cm³/mol. The molecule has 0 fully saturated rings. The zero-order valence-corrected chi connectivity index (χ0v) is 19.5. The fourth-order valence-corrected chi connectivity index (χ4v) is 4.72. The molecule has 0 saturated carbocycles. The number of ether oxygens (including phenoxy) is 1. The van der Waals surface area contributed by atoms with Crippen molar-refractivity contribution in [2.75, 3.05) is 24.0 Å². The highest BCUT2D eigenvalue weighted by Crippen LogP contribution is 2.29. The number of nitrogens with zero attached hydrogens (tertiary/aromatic N) is 1. The average molecular weight is 473 g/mol. The van der Waals surface area contributed by atoms with Crippen LogP contribution in [0.4, 0.5) is 5.69 Å². The first-order chi connectivity index (χ1) is 15.3. The Morgan fingerprint density at radius 3 is 2.38 bits per heavy atom. The Morgan fingerprint density at radius 1 is 1.00 bits per heavy atom. The van der Waals surface area contributed by atoms with E-state index in [1.165, 1.54) is 12.1 Å². The zero-order chi connectivity index (χ0) is 23.1. The summed E-state index contributed by atoms with van der Waals surface area (Å²) in [6, 6.07) is 20.5. The van der Waals surface area contributed by atoms with E-state index in [-0.39, 0.29) is 24.6 Å². The lowest BCUT2D eigenvalue weighted by atomic mass is 10.2. The average Bonchev–Trinajstić information content (AvgIpc) is 2.78. The predicted octanol–water partition coefficient (Wildman–Crippen LogP) is 4.35. The molecule has 0 saturated heterocycles. The summed E-state index contributed by atoms with van der Waals surface area (Å²) in [5, 5.41) is 3.10. The first-order valence-electron chi connectivity index (χ1n) is 10.1. The maximum absolute atomic E-state index is 13.4. The Bertz CT molecular complexity index is 1170. The lowest BCUT2D eigenvalue weighted by Crippen LogP contribution is -2.42. The molecule has 3 aromatic rings. The number of hydrogen-bond donors (Lipinski definition) is 1. The molecule has 1 amide bonds. The molecular formula is C24H25ClN2O4S. The summed E-state index contributed by atoms with van der Waals surface area (Å²) in [7, 11) is -3.98. The van der Waals surface area contributed by atoms with Crippen LogP contribution in [0, 0.1) is 13.8 Å². The van der Waals surface area contributed by atoms with Crippen molar-refractivity contribution in [3.8, 4) is 5.75 Å². The Morgan fingerprint density at radius 2 is 1.69 bits per heavy atom. The third kappa shape index (κ3) is 6.02. The van der Waals surface area contributed by atoms with Gasteiger partial charge in [-0.2, -0.15) is 0 Å². The van der Waals surface area contributed by atoms with E-state index in [0.717, 1.165) is 9.87 Å². The monoisotopic (exact) mass is 472 g/mol. The van der Waals surface area contributed by atoms with Gasteiger partial charge in [0.25, 0.3) is 10.0 Å². The first-order valence-corrected chi connectivity index (χ1v) is 11.9. The molecule has 1 N–H and O–H groups in total. The third-order valence-electron chi connectivity index (χ3n) is 4.77. The molecule has 168 valence electrons. The minimum absolute atomic E-state index is 0.0925. The van der Waals surface area contributed by atoms with Crippen LogP contribution in [-0.2, 0) is 14.8 Å². The molecule has 0 heterocycles. The summed E-state index contributed by atoms with van der Waals surface area (Å²) >= 11 is 6.13. The van der Waals surface area contributed by atoms with Crippen molar-refractivity contribution in [2.45, 2.75) is 18.7 Å². The molecule has 32 heavy (non-hydrogen) atoms. The maximum atomic E-state index is 13.4. The van der Waals surface area contributed by atoms with Crippen molar-refractivity contribution < 1.29 is 17.9 Å². The topological polar surface area (TPSA) is 75.7 Å². The number of rotatable bonds is 9. The molecule has 0 aliphatic carbocycles. The number of sulfonamides is 1. The van der Waals surface area contributed by atoms with E-state index in [0.29, 0.717) is 22.0 Å². The van der Waals surface area contributed by atoms with E-state index in [4.69, 9.17) is 16.3 Å². The molecule has 0 spiro atoms. The number of carbonyl (C=O) groups excluding carboxylic acids is 1. The van der Waals surface area contributed by atoms with Crippen LogP contribution in [-0.4, -0.2) is 34.0 Å². The van der Waals surface area contributed by atoms with Crippen LogP contribution in [0.1, 0.15) is 11.1 Å². The van der Waals surface area contributed by atoms with Crippen molar-refractivity contribution in [3.05, 3.63) is 88.9 Å². The Kier molecular flexibility index (Phi) is 7.77. The highest BCUT2D eigenvalue weighted by Gasteiger charge is 2.28. The quantitative estimate of drug-likeness (QED) is 0.470. The third-order valence-corrected chi connectivity index (χ3v) is 6.78. The van der Waals surface area contributed by atoms with Crippen LogP contribution in [0.3, 0.4) is 0 Å². The van der Waals surface area contributed by atoms with Crippen molar-refractivity contribution in [1.82, 2.24) is 5.32 Å². The van der Waals surface area contributed by atoms with E-state index in [2.05, 4.69) is 5.32 Å². The molecule has 0 aliphatic rings. The van der Waals surface area contributed by atoms with E-state index < -0.39 is 15.9 Å². The van der Waals surface area contributed by atoms with Gasteiger partial charge in [-0.25, -0.2) is 8.42 Å². The van der Waals surface area contributed by atoms with Crippen LogP contribution < -0.4 is 14.4 Å². The van der Waals surface area contributed by atoms with Crippen molar-refractivity contribution >= 4 is 33.2 Å². The second-order valence-electron chi connectivity index (χ2n) is 7.27. The van der Waals surface area contributed by atoms with Gasteiger partial charge < -0.3 is 10.1 Å². The molecule has 0 atom stereocenters. The van der Waals surface area contributed by atoms with Gasteiger partial charge >= 0.3 is 0 Å². The molecule has 0 aliphatic heterocycles. The lowest BCUT2D eigenvalue weighted by molar-refractivity contribution is -0.119. The molecule has 6 nitrogen and oxygen atoms in total. The summed E-state index contributed by atoms with van der Waals surface area (Å²) in [5.41, 5.74) is 2.17. The molecular weight excluding hydrogens is 448 g/mol. The normalized spacial score (nSPS) is 11.1. The highest BCUT2D eigenvalue weighted by molar-refractivity contribution is 7.92. The Hall–Kier alpha value is -3.03. The molecule has 0 bridgehead atoms. The number of anilines is 1. The largest absolute Gasteiger partial charge is 0.492 e. The van der Waals surface area contributed by atoms with Crippen LogP contribution in [0.5, 0.6) is 5.75 Å². The molecule has 0 aromatic heterocycles. The van der Waals surface area contributed by atoms with Gasteiger partial charge in [-0.3, -0.25) is 9.10 Å². The van der Waals surface area contributed by atoms with Gasteiger partial charge in [0.1, 0.15) is 18.9 Å². The van der Waals surface area contributed by atoms with Gasteiger partial charge in [0, 0.05) is 5.02 Å². The number of nitrogens with one attached hydrogen (secondary N) is 1. The summed E-state index contributed by atoms with van der Waals surface area (Å²) < 4.78 is 33.4. The SMILES string of the molecule is Cc1ccc(OCCNC(=O)CN(c2cc(Cl)ccc2C)S(=O)(=O)c2ccccc2)cc1. The van der Waals surface area contributed by atoms with Crippen LogP contribution in [0.2, 0.25) is 5.02 Å². The molecule has 3 aromatic carbocycles. The summed E-state index contributed by atoms with van der Waals surface area (Å²) in [4.78, 5) is 12.7.